The first-order valence-electron chi connectivity index (χ1n) is 7.71. The molecule has 112 valence electrons. The monoisotopic (exact) mass is 293 g/mol. The molecule has 1 aliphatic rings. The normalized spacial score (nSPS) is 21.9. The van der Waals surface area contributed by atoms with Crippen molar-refractivity contribution in [1.29, 1.82) is 0 Å². The van der Waals surface area contributed by atoms with Gasteiger partial charge in [0.2, 0.25) is 0 Å². The highest BCUT2D eigenvalue weighted by atomic mass is 32.2. The van der Waals surface area contributed by atoms with Gasteiger partial charge in [-0.2, -0.15) is 11.8 Å². The highest BCUT2D eigenvalue weighted by Crippen LogP contribution is 2.39. The zero-order valence-corrected chi connectivity index (χ0v) is 13.9. The van der Waals surface area contributed by atoms with E-state index >= 15 is 0 Å². The van der Waals surface area contributed by atoms with Crippen LogP contribution in [0.5, 0.6) is 5.75 Å². The zero-order chi connectivity index (χ0) is 14.5. The van der Waals surface area contributed by atoms with Crippen LogP contribution in [0.4, 0.5) is 0 Å². The first-order chi connectivity index (χ1) is 9.65. The second-order valence-corrected chi connectivity index (χ2v) is 7.58. The third-order valence-corrected chi connectivity index (χ3v) is 5.22. The summed E-state index contributed by atoms with van der Waals surface area (Å²) in [6.07, 6.45) is 3.63. The van der Waals surface area contributed by atoms with E-state index in [9.17, 15) is 0 Å². The van der Waals surface area contributed by atoms with E-state index in [4.69, 9.17) is 4.74 Å². The average Bonchev–Trinajstić information content (AvgIpc) is 2.44. The van der Waals surface area contributed by atoms with E-state index in [2.05, 4.69) is 56.0 Å². The van der Waals surface area contributed by atoms with Crippen molar-refractivity contribution >= 4 is 11.8 Å². The summed E-state index contributed by atoms with van der Waals surface area (Å²) in [4.78, 5) is 0. The lowest BCUT2D eigenvalue weighted by Crippen LogP contribution is -2.35. The standard InChI is InChI=1S/C17H27NOS/c1-5-10-18-17-15-11-14(19-4)8-6-13(15)7-9-16(17)20-12(2)3/h6,8,11-12,16-18H,5,7,9-10H2,1-4H3. The predicted molar refractivity (Wildman–Crippen MR) is 88.9 cm³/mol. The van der Waals surface area contributed by atoms with E-state index in [0.717, 1.165) is 12.3 Å². The van der Waals surface area contributed by atoms with Crippen LogP contribution in [0.25, 0.3) is 0 Å². The Kier molecular flexibility index (Phi) is 5.79. The van der Waals surface area contributed by atoms with Crippen molar-refractivity contribution in [3.63, 3.8) is 0 Å². The smallest absolute Gasteiger partial charge is 0.119 e. The summed E-state index contributed by atoms with van der Waals surface area (Å²) in [5.74, 6) is 0.974. The fourth-order valence-electron chi connectivity index (χ4n) is 2.92. The van der Waals surface area contributed by atoms with Crippen LogP contribution >= 0.6 is 11.8 Å². The van der Waals surface area contributed by atoms with E-state index in [0.29, 0.717) is 16.5 Å². The van der Waals surface area contributed by atoms with Gasteiger partial charge >= 0.3 is 0 Å². The molecule has 2 atom stereocenters. The minimum atomic E-state index is 0.459. The molecule has 0 aliphatic heterocycles. The maximum Gasteiger partial charge on any atom is 0.119 e. The van der Waals surface area contributed by atoms with E-state index in [1.54, 1.807) is 7.11 Å². The molecular formula is C17H27NOS. The maximum absolute atomic E-state index is 5.41. The van der Waals surface area contributed by atoms with Gasteiger partial charge in [0, 0.05) is 11.3 Å². The number of aryl methyl sites for hydroxylation is 1. The van der Waals surface area contributed by atoms with Crippen molar-refractivity contribution in [2.45, 2.75) is 56.6 Å². The molecule has 1 aliphatic carbocycles. The van der Waals surface area contributed by atoms with Crippen LogP contribution in [0.15, 0.2) is 18.2 Å². The molecule has 0 saturated carbocycles. The second-order valence-electron chi connectivity index (χ2n) is 5.76. The SMILES string of the molecule is CCCNC1c2cc(OC)ccc2CCC1SC(C)C. The Bertz CT molecular complexity index is 433. The molecule has 3 heteroatoms. The minimum absolute atomic E-state index is 0.459. The number of hydrogen-bond donors (Lipinski definition) is 1. The van der Waals surface area contributed by atoms with Crippen LogP contribution in [0.1, 0.15) is 50.8 Å². The number of nitrogens with one attached hydrogen (secondary N) is 1. The van der Waals surface area contributed by atoms with Gasteiger partial charge in [-0.25, -0.2) is 0 Å². The van der Waals surface area contributed by atoms with Gasteiger partial charge in [0.25, 0.3) is 0 Å². The molecule has 2 nitrogen and oxygen atoms in total. The van der Waals surface area contributed by atoms with Crippen LogP contribution in [-0.2, 0) is 6.42 Å². The first kappa shape index (κ1) is 15.7. The molecule has 0 bridgehead atoms. The van der Waals surface area contributed by atoms with Gasteiger partial charge in [0.1, 0.15) is 5.75 Å². The molecule has 0 amide bonds. The summed E-state index contributed by atoms with van der Waals surface area (Å²) in [5, 5.41) is 5.10. The van der Waals surface area contributed by atoms with Crippen molar-refractivity contribution in [1.82, 2.24) is 5.32 Å². The molecule has 0 radical (unpaired) electrons. The van der Waals surface area contributed by atoms with E-state index in [1.165, 1.54) is 30.4 Å². The van der Waals surface area contributed by atoms with Gasteiger partial charge < -0.3 is 10.1 Å². The van der Waals surface area contributed by atoms with E-state index < -0.39 is 0 Å². The number of hydrogen-bond acceptors (Lipinski definition) is 3. The average molecular weight is 293 g/mol. The van der Waals surface area contributed by atoms with Gasteiger partial charge in [-0.1, -0.05) is 26.8 Å². The number of rotatable bonds is 6. The fraction of sp³-hybridized carbons (Fsp3) is 0.647. The van der Waals surface area contributed by atoms with Crippen molar-refractivity contribution in [3.8, 4) is 5.75 Å². The fourth-order valence-corrected chi connectivity index (χ4v) is 4.27. The molecular weight excluding hydrogens is 266 g/mol. The molecule has 1 aromatic carbocycles. The van der Waals surface area contributed by atoms with Crippen LogP contribution in [0.2, 0.25) is 0 Å². The Morgan fingerprint density at radius 2 is 2.20 bits per heavy atom. The third kappa shape index (κ3) is 3.70. The highest BCUT2D eigenvalue weighted by Gasteiger charge is 2.30. The van der Waals surface area contributed by atoms with Crippen LogP contribution < -0.4 is 10.1 Å². The number of thioether (sulfide) groups is 1. The topological polar surface area (TPSA) is 21.3 Å². The largest absolute Gasteiger partial charge is 0.497 e. The molecule has 1 N–H and O–H groups in total. The molecule has 2 unspecified atom stereocenters. The summed E-state index contributed by atoms with van der Waals surface area (Å²) in [6.45, 7) is 7.90. The van der Waals surface area contributed by atoms with Crippen molar-refractivity contribution in [3.05, 3.63) is 29.3 Å². The first-order valence-corrected chi connectivity index (χ1v) is 8.65. The van der Waals surface area contributed by atoms with Gasteiger partial charge in [0.15, 0.2) is 0 Å². The predicted octanol–water partition coefficient (Wildman–Crippen LogP) is 4.19. The quantitative estimate of drug-likeness (QED) is 0.849. The maximum atomic E-state index is 5.41. The number of methoxy groups -OCH3 is 1. The van der Waals surface area contributed by atoms with E-state index in [-0.39, 0.29) is 0 Å². The second kappa shape index (κ2) is 7.37. The number of fused-ring (bicyclic) bond motifs is 1. The zero-order valence-electron chi connectivity index (χ0n) is 13.1. The summed E-state index contributed by atoms with van der Waals surface area (Å²) >= 11 is 2.11. The summed E-state index contributed by atoms with van der Waals surface area (Å²) < 4.78 is 5.41. The van der Waals surface area contributed by atoms with Crippen molar-refractivity contribution in [2.24, 2.45) is 0 Å². The Balaban J connectivity index is 2.27. The van der Waals surface area contributed by atoms with Crippen LogP contribution in [-0.4, -0.2) is 24.2 Å². The molecule has 1 aromatic rings. The Hall–Kier alpha value is -0.670. The minimum Gasteiger partial charge on any atom is -0.497 e. The Morgan fingerprint density at radius 3 is 2.85 bits per heavy atom. The lowest BCUT2D eigenvalue weighted by Gasteiger charge is -2.35. The molecule has 0 heterocycles. The van der Waals surface area contributed by atoms with Crippen molar-refractivity contribution < 1.29 is 4.74 Å². The van der Waals surface area contributed by atoms with Gasteiger partial charge in [-0.3, -0.25) is 0 Å². The van der Waals surface area contributed by atoms with Gasteiger partial charge in [0.05, 0.1) is 7.11 Å². The Labute approximate surface area is 127 Å². The summed E-state index contributed by atoms with van der Waals surface area (Å²) in [7, 11) is 1.75. The molecule has 2 rings (SSSR count). The highest BCUT2D eigenvalue weighted by molar-refractivity contribution is 8.00. The van der Waals surface area contributed by atoms with Gasteiger partial charge in [-0.15, -0.1) is 0 Å². The lowest BCUT2D eigenvalue weighted by molar-refractivity contribution is 0.410. The Morgan fingerprint density at radius 1 is 1.40 bits per heavy atom. The third-order valence-electron chi connectivity index (χ3n) is 3.82. The summed E-state index contributed by atoms with van der Waals surface area (Å²) in [5.41, 5.74) is 2.93. The molecule has 0 aromatic heterocycles. The van der Waals surface area contributed by atoms with Crippen molar-refractivity contribution in [2.75, 3.05) is 13.7 Å². The number of ether oxygens (including phenoxy) is 1. The van der Waals surface area contributed by atoms with Gasteiger partial charge in [-0.05, 0) is 54.3 Å². The van der Waals surface area contributed by atoms with E-state index in [1.807, 2.05) is 0 Å². The number of benzene rings is 1. The lowest BCUT2D eigenvalue weighted by atomic mass is 9.87. The molecule has 0 spiro atoms. The molecule has 0 fully saturated rings. The van der Waals surface area contributed by atoms with Crippen LogP contribution in [0.3, 0.4) is 0 Å². The molecule has 20 heavy (non-hydrogen) atoms. The summed E-state index contributed by atoms with van der Waals surface area (Å²) in [6, 6.07) is 7.02. The molecule has 0 saturated heterocycles. The van der Waals surface area contributed by atoms with Crippen LogP contribution in [0, 0.1) is 0 Å².